The fraction of sp³-hybridized carbons (Fsp3) is 0.500. The second-order valence-electron chi connectivity index (χ2n) is 4.23. The quantitative estimate of drug-likeness (QED) is 0.771. The molecule has 1 rings (SSSR count). The van der Waals surface area contributed by atoms with Crippen LogP contribution >= 0.6 is 0 Å². The topological polar surface area (TPSA) is 46.2 Å². The van der Waals surface area contributed by atoms with Gasteiger partial charge in [-0.2, -0.15) is 0 Å². The highest BCUT2D eigenvalue weighted by atomic mass is 32.2. The molecule has 0 fully saturated rings. The summed E-state index contributed by atoms with van der Waals surface area (Å²) in [5.41, 5.74) is 0. The molecule has 0 aliphatic carbocycles. The molecule has 1 aromatic carbocycles. The van der Waals surface area contributed by atoms with Crippen LogP contribution in [0.15, 0.2) is 35.2 Å². The maximum Gasteiger partial charge on any atom is 0.179 e. The van der Waals surface area contributed by atoms with Gasteiger partial charge in [0.15, 0.2) is 9.84 Å². The Morgan fingerprint density at radius 2 is 1.81 bits per heavy atom. The van der Waals surface area contributed by atoms with Crippen molar-refractivity contribution in [2.75, 3.05) is 18.8 Å². The van der Waals surface area contributed by atoms with Gasteiger partial charge in [0.05, 0.1) is 10.6 Å². The molecule has 0 unspecified atom stereocenters. The molecular formula is C12H19NO2S. The van der Waals surface area contributed by atoms with Crippen LogP contribution in [0.25, 0.3) is 0 Å². The van der Waals surface area contributed by atoms with Gasteiger partial charge in [-0.25, -0.2) is 8.42 Å². The Morgan fingerprint density at radius 3 is 2.38 bits per heavy atom. The molecule has 0 spiro atoms. The zero-order chi connectivity index (χ0) is 12.0. The number of benzene rings is 1. The second kappa shape index (κ2) is 6.01. The second-order valence-corrected chi connectivity index (χ2v) is 6.34. The van der Waals surface area contributed by atoms with Crippen LogP contribution < -0.4 is 5.32 Å². The van der Waals surface area contributed by atoms with E-state index in [4.69, 9.17) is 0 Å². The van der Waals surface area contributed by atoms with Gasteiger partial charge in [-0.1, -0.05) is 32.0 Å². The highest BCUT2D eigenvalue weighted by Crippen LogP contribution is 2.09. The van der Waals surface area contributed by atoms with Crippen LogP contribution in [0.3, 0.4) is 0 Å². The van der Waals surface area contributed by atoms with Gasteiger partial charge in [-0.3, -0.25) is 0 Å². The smallest absolute Gasteiger partial charge is 0.179 e. The van der Waals surface area contributed by atoms with E-state index >= 15 is 0 Å². The average molecular weight is 241 g/mol. The van der Waals surface area contributed by atoms with Crippen LogP contribution in [0.4, 0.5) is 0 Å². The Morgan fingerprint density at radius 1 is 1.19 bits per heavy atom. The fourth-order valence-corrected chi connectivity index (χ4v) is 2.56. The molecular weight excluding hydrogens is 222 g/mol. The molecule has 0 aromatic heterocycles. The van der Waals surface area contributed by atoms with E-state index in [9.17, 15) is 8.42 Å². The summed E-state index contributed by atoms with van der Waals surface area (Å²) >= 11 is 0. The minimum Gasteiger partial charge on any atom is -0.315 e. The van der Waals surface area contributed by atoms with E-state index in [2.05, 4.69) is 19.2 Å². The molecule has 0 heterocycles. The van der Waals surface area contributed by atoms with Gasteiger partial charge in [0.1, 0.15) is 0 Å². The Hall–Kier alpha value is -0.870. The van der Waals surface area contributed by atoms with Crippen LogP contribution in [0.1, 0.15) is 13.8 Å². The summed E-state index contributed by atoms with van der Waals surface area (Å²) in [6.07, 6.45) is 0. The Labute approximate surface area is 97.8 Å². The Balaban J connectivity index is 2.48. The average Bonchev–Trinajstić information content (AvgIpc) is 2.26. The fourth-order valence-electron chi connectivity index (χ4n) is 1.34. The summed E-state index contributed by atoms with van der Waals surface area (Å²) < 4.78 is 23.7. The lowest BCUT2D eigenvalue weighted by molar-refractivity contribution is 0.557. The van der Waals surface area contributed by atoms with Crippen molar-refractivity contribution in [2.45, 2.75) is 18.7 Å². The third kappa shape index (κ3) is 4.33. The highest BCUT2D eigenvalue weighted by molar-refractivity contribution is 7.91. The van der Waals surface area contributed by atoms with Crippen molar-refractivity contribution in [3.05, 3.63) is 30.3 Å². The van der Waals surface area contributed by atoms with Crippen molar-refractivity contribution < 1.29 is 8.42 Å². The molecule has 90 valence electrons. The largest absolute Gasteiger partial charge is 0.315 e. The van der Waals surface area contributed by atoms with Gasteiger partial charge in [0, 0.05) is 6.54 Å². The first kappa shape index (κ1) is 13.2. The van der Waals surface area contributed by atoms with Crippen molar-refractivity contribution in [2.24, 2.45) is 5.92 Å². The zero-order valence-electron chi connectivity index (χ0n) is 9.81. The highest BCUT2D eigenvalue weighted by Gasteiger charge is 2.12. The van der Waals surface area contributed by atoms with E-state index in [1.54, 1.807) is 24.3 Å². The standard InChI is InChI=1S/C12H19NO2S/c1-11(2)10-13-8-9-16(14,15)12-6-4-3-5-7-12/h3-7,11,13H,8-10H2,1-2H3. The normalized spacial score (nSPS) is 11.9. The van der Waals surface area contributed by atoms with Crippen LogP contribution in [-0.2, 0) is 9.84 Å². The number of hydrogen-bond donors (Lipinski definition) is 1. The number of rotatable bonds is 6. The first-order valence-corrected chi connectivity index (χ1v) is 7.16. The summed E-state index contributed by atoms with van der Waals surface area (Å²) in [7, 11) is -3.12. The van der Waals surface area contributed by atoms with Crippen molar-refractivity contribution in [1.29, 1.82) is 0 Å². The molecule has 1 aromatic rings. The summed E-state index contributed by atoms with van der Waals surface area (Å²) in [6, 6.07) is 8.58. The monoisotopic (exact) mass is 241 g/mol. The molecule has 0 atom stereocenters. The van der Waals surface area contributed by atoms with Crippen molar-refractivity contribution in [3.63, 3.8) is 0 Å². The molecule has 0 radical (unpaired) electrons. The van der Waals surface area contributed by atoms with Crippen molar-refractivity contribution in [3.8, 4) is 0 Å². The molecule has 3 nitrogen and oxygen atoms in total. The number of hydrogen-bond acceptors (Lipinski definition) is 3. The molecule has 0 amide bonds. The molecule has 0 bridgehead atoms. The summed E-state index contributed by atoms with van der Waals surface area (Å²) in [4.78, 5) is 0.404. The third-order valence-electron chi connectivity index (χ3n) is 2.20. The van der Waals surface area contributed by atoms with E-state index in [1.807, 2.05) is 6.07 Å². The molecule has 4 heteroatoms. The molecule has 16 heavy (non-hydrogen) atoms. The first-order chi connectivity index (χ1) is 7.52. The van der Waals surface area contributed by atoms with E-state index in [0.717, 1.165) is 6.54 Å². The lowest BCUT2D eigenvalue weighted by atomic mass is 10.2. The van der Waals surface area contributed by atoms with E-state index in [0.29, 0.717) is 17.4 Å². The maximum absolute atomic E-state index is 11.8. The van der Waals surface area contributed by atoms with E-state index in [1.165, 1.54) is 0 Å². The molecule has 0 aliphatic heterocycles. The van der Waals surface area contributed by atoms with E-state index < -0.39 is 9.84 Å². The van der Waals surface area contributed by atoms with Gasteiger partial charge in [-0.15, -0.1) is 0 Å². The number of sulfone groups is 1. The molecule has 0 saturated heterocycles. The van der Waals surface area contributed by atoms with Gasteiger partial charge in [0.2, 0.25) is 0 Å². The van der Waals surface area contributed by atoms with Crippen LogP contribution in [-0.4, -0.2) is 27.3 Å². The zero-order valence-corrected chi connectivity index (χ0v) is 10.6. The third-order valence-corrected chi connectivity index (χ3v) is 3.93. The van der Waals surface area contributed by atoms with Gasteiger partial charge >= 0.3 is 0 Å². The van der Waals surface area contributed by atoms with Gasteiger partial charge < -0.3 is 5.32 Å². The van der Waals surface area contributed by atoms with Crippen LogP contribution in [0, 0.1) is 5.92 Å². The van der Waals surface area contributed by atoms with Crippen molar-refractivity contribution in [1.82, 2.24) is 5.32 Å². The Kier molecular flexibility index (Phi) is 4.96. The minimum atomic E-state index is -3.12. The molecule has 1 N–H and O–H groups in total. The maximum atomic E-state index is 11.8. The molecule has 0 saturated carbocycles. The van der Waals surface area contributed by atoms with Crippen LogP contribution in [0.5, 0.6) is 0 Å². The number of nitrogens with one attached hydrogen (secondary N) is 1. The minimum absolute atomic E-state index is 0.156. The lowest BCUT2D eigenvalue weighted by Gasteiger charge is -2.08. The van der Waals surface area contributed by atoms with Crippen molar-refractivity contribution >= 4 is 9.84 Å². The van der Waals surface area contributed by atoms with E-state index in [-0.39, 0.29) is 5.75 Å². The first-order valence-electron chi connectivity index (χ1n) is 5.51. The predicted octanol–water partition coefficient (Wildman–Crippen LogP) is 1.71. The van der Waals surface area contributed by atoms with Gasteiger partial charge in [0.25, 0.3) is 0 Å². The summed E-state index contributed by atoms with van der Waals surface area (Å²) in [6.45, 7) is 5.55. The summed E-state index contributed by atoms with van der Waals surface area (Å²) in [5.74, 6) is 0.698. The predicted molar refractivity (Wildman–Crippen MR) is 66.2 cm³/mol. The lowest BCUT2D eigenvalue weighted by Crippen LogP contribution is -2.26. The molecule has 0 aliphatic rings. The Bertz CT molecular complexity index is 398. The van der Waals surface area contributed by atoms with Crippen LogP contribution in [0.2, 0.25) is 0 Å². The summed E-state index contributed by atoms with van der Waals surface area (Å²) in [5, 5.41) is 3.13. The van der Waals surface area contributed by atoms with Gasteiger partial charge in [-0.05, 0) is 24.6 Å². The SMILES string of the molecule is CC(C)CNCCS(=O)(=O)c1ccccc1.